The third-order valence-corrected chi connectivity index (χ3v) is 4.36. The molecule has 1 heterocycles. The molecule has 2 N–H and O–H groups in total. The molecule has 1 aromatic heterocycles. The van der Waals surface area contributed by atoms with Gasteiger partial charge in [0.05, 0.1) is 11.9 Å². The smallest absolute Gasteiger partial charge is 0.230 e. The van der Waals surface area contributed by atoms with Crippen LogP contribution in [0.25, 0.3) is 10.9 Å². The highest BCUT2D eigenvalue weighted by molar-refractivity contribution is 6.01. The van der Waals surface area contributed by atoms with E-state index in [-0.39, 0.29) is 5.91 Å². The van der Waals surface area contributed by atoms with E-state index in [1.54, 1.807) is 0 Å². The van der Waals surface area contributed by atoms with Gasteiger partial charge in [0.2, 0.25) is 5.91 Å². The lowest BCUT2D eigenvalue weighted by Crippen LogP contribution is -2.24. The standard InChI is InChI=1S/C21H26N4O/c1-3-12-25(13-4-2)17-10-11-19-18(15-17)21(24-23-19)22-20(26)14-16-8-6-5-7-9-16/h5-11,15H,3-4,12-14H2,1-2H3,(H2,22,23,24,26). The van der Waals surface area contributed by atoms with Crippen LogP contribution in [0.5, 0.6) is 0 Å². The maximum atomic E-state index is 12.4. The summed E-state index contributed by atoms with van der Waals surface area (Å²) in [6.45, 7) is 6.42. The number of amides is 1. The Bertz CT molecular complexity index is 851. The number of anilines is 2. The lowest BCUT2D eigenvalue weighted by Gasteiger charge is -2.23. The molecule has 0 aliphatic rings. The number of benzene rings is 2. The van der Waals surface area contributed by atoms with Crippen molar-refractivity contribution in [3.05, 3.63) is 54.1 Å². The third kappa shape index (κ3) is 4.23. The fraction of sp³-hybridized carbons (Fsp3) is 0.333. The Morgan fingerprint density at radius 3 is 2.50 bits per heavy atom. The zero-order valence-corrected chi connectivity index (χ0v) is 15.5. The number of fused-ring (bicyclic) bond motifs is 1. The van der Waals surface area contributed by atoms with Crippen molar-refractivity contribution in [2.45, 2.75) is 33.1 Å². The molecule has 0 saturated heterocycles. The summed E-state index contributed by atoms with van der Waals surface area (Å²) in [6, 6.07) is 16.0. The number of aromatic amines is 1. The zero-order valence-electron chi connectivity index (χ0n) is 15.5. The zero-order chi connectivity index (χ0) is 18.4. The van der Waals surface area contributed by atoms with Gasteiger partial charge in [-0.2, -0.15) is 5.10 Å². The second kappa shape index (κ2) is 8.52. The Morgan fingerprint density at radius 2 is 1.81 bits per heavy atom. The van der Waals surface area contributed by atoms with Crippen molar-refractivity contribution in [1.82, 2.24) is 10.2 Å². The summed E-state index contributed by atoms with van der Waals surface area (Å²) in [7, 11) is 0. The van der Waals surface area contributed by atoms with Crippen molar-refractivity contribution in [3.8, 4) is 0 Å². The van der Waals surface area contributed by atoms with Crippen LogP contribution in [0, 0.1) is 0 Å². The number of nitrogens with one attached hydrogen (secondary N) is 2. The molecule has 1 amide bonds. The van der Waals surface area contributed by atoms with Gasteiger partial charge in [0.25, 0.3) is 0 Å². The first kappa shape index (κ1) is 18.0. The largest absolute Gasteiger partial charge is 0.372 e. The molecule has 5 heteroatoms. The van der Waals surface area contributed by atoms with Crippen molar-refractivity contribution in [2.24, 2.45) is 0 Å². The summed E-state index contributed by atoms with van der Waals surface area (Å²) in [5.41, 5.74) is 3.08. The van der Waals surface area contributed by atoms with Gasteiger partial charge in [-0.15, -0.1) is 0 Å². The molecule has 0 fully saturated rings. The molecule has 0 radical (unpaired) electrons. The first-order valence-electron chi connectivity index (χ1n) is 9.28. The first-order valence-corrected chi connectivity index (χ1v) is 9.28. The van der Waals surface area contributed by atoms with Gasteiger partial charge in [-0.1, -0.05) is 44.2 Å². The number of carbonyl (C=O) groups is 1. The highest BCUT2D eigenvalue weighted by atomic mass is 16.1. The molecular weight excluding hydrogens is 324 g/mol. The monoisotopic (exact) mass is 350 g/mol. The minimum Gasteiger partial charge on any atom is -0.372 e. The van der Waals surface area contributed by atoms with Crippen LogP contribution in [0.3, 0.4) is 0 Å². The number of hydrogen-bond acceptors (Lipinski definition) is 3. The van der Waals surface area contributed by atoms with Gasteiger partial charge >= 0.3 is 0 Å². The highest BCUT2D eigenvalue weighted by Crippen LogP contribution is 2.26. The van der Waals surface area contributed by atoms with Gasteiger partial charge in [-0.25, -0.2) is 0 Å². The van der Waals surface area contributed by atoms with Crippen molar-refractivity contribution < 1.29 is 4.79 Å². The van der Waals surface area contributed by atoms with E-state index < -0.39 is 0 Å². The molecule has 5 nitrogen and oxygen atoms in total. The highest BCUT2D eigenvalue weighted by Gasteiger charge is 2.12. The normalized spacial score (nSPS) is 10.8. The molecule has 0 saturated carbocycles. The molecule has 3 rings (SSSR count). The van der Waals surface area contributed by atoms with Crippen LogP contribution in [-0.4, -0.2) is 29.2 Å². The van der Waals surface area contributed by atoms with Crippen LogP contribution in [0.15, 0.2) is 48.5 Å². The van der Waals surface area contributed by atoms with E-state index >= 15 is 0 Å². The van der Waals surface area contributed by atoms with E-state index in [2.05, 4.69) is 46.4 Å². The number of carbonyl (C=O) groups excluding carboxylic acids is 1. The third-order valence-electron chi connectivity index (χ3n) is 4.36. The van der Waals surface area contributed by atoms with E-state index in [0.29, 0.717) is 12.2 Å². The molecule has 0 atom stereocenters. The van der Waals surface area contributed by atoms with Gasteiger partial charge in [0, 0.05) is 24.2 Å². The summed E-state index contributed by atoms with van der Waals surface area (Å²) < 4.78 is 0. The van der Waals surface area contributed by atoms with Crippen molar-refractivity contribution in [2.75, 3.05) is 23.3 Å². The van der Waals surface area contributed by atoms with Crippen molar-refractivity contribution in [3.63, 3.8) is 0 Å². The predicted molar refractivity (Wildman–Crippen MR) is 108 cm³/mol. The number of nitrogens with zero attached hydrogens (tertiary/aromatic N) is 2. The number of rotatable bonds is 8. The number of aromatic nitrogens is 2. The molecule has 26 heavy (non-hydrogen) atoms. The SMILES string of the molecule is CCCN(CCC)c1ccc2[nH]nc(NC(=O)Cc3ccccc3)c2c1. The Morgan fingerprint density at radius 1 is 1.08 bits per heavy atom. The van der Waals surface area contributed by atoms with Gasteiger partial charge in [0.1, 0.15) is 0 Å². The van der Waals surface area contributed by atoms with Crippen LogP contribution in [0.2, 0.25) is 0 Å². The predicted octanol–water partition coefficient (Wildman–Crippen LogP) is 4.37. The summed E-state index contributed by atoms with van der Waals surface area (Å²) in [4.78, 5) is 14.7. The Balaban J connectivity index is 1.80. The maximum Gasteiger partial charge on any atom is 0.230 e. The molecule has 3 aromatic rings. The Kier molecular flexibility index (Phi) is 5.89. The molecule has 0 unspecified atom stereocenters. The average molecular weight is 350 g/mol. The fourth-order valence-corrected chi connectivity index (χ4v) is 3.16. The second-order valence-corrected chi connectivity index (χ2v) is 6.50. The first-order chi connectivity index (χ1) is 12.7. The van der Waals surface area contributed by atoms with Crippen LogP contribution >= 0.6 is 0 Å². The van der Waals surface area contributed by atoms with Crippen LogP contribution in [0.1, 0.15) is 32.3 Å². The van der Waals surface area contributed by atoms with Gasteiger partial charge < -0.3 is 10.2 Å². The Hall–Kier alpha value is -2.82. The molecular formula is C21H26N4O. The van der Waals surface area contributed by atoms with Crippen molar-refractivity contribution in [1.29, 1.82) is 0 Å². The Labute approximate surface area is 154 Å². The summed E-state index contributed by atoms with van der Waals surface area (Å²) >= 11 is 0. The lowest BCUT2D eigenvalue weighted by atomic mass is 10.1. The molecule has 136 valence electrons. The van der Waals surface area contributed by atoms with E-state index in [1.807, 2.05) is 36.4 Å². The maximum absolute atomic E-state index is 12.4. The molecule has 0 aliphatic heterocycles. The van der Waals surface area contributed by atoms with E-state index in [1.165, 1.54) is 5.69 Å². The van der Waals surface area contributed by atoms with Gasteiger partial charge in [-0.05, 0) is 36.6 Å². The van der Waals surface area contributed by atoms with Crippen molar-refractivity contribution >= 4 is 28.3 Å². The van der Waals surface area contributed by atoms with Crippen LogP contribution in [-0.2, 0) is 11.2 Å². The quantitative estimate of drug-likeness (QED) is 0.634. The fourth-order valence-electron chi connectivity index (χ4n) is 3.16. The summed E-state index contributed by atoms with van der Waals surface area (Å²) in [5, 5.41) is 11.2. The molecule has 2 aromatic carbocycles. The van der Waals surface area contributed by atoms with Crippen LogP contribution in [0.4, 0.5) is 11.5 Å². The van der Waals surface area contributed by atoms with E-state index in [9.17, 15) is 4.79 Å². The van der Waals surface area contributed by atoms with E-state index in [4.69, 9.17) is 0 Å². The number of H-pyrrole nitrogens is 1. The number of hydrogen-bond donors (Lipinski definition) is 2. The summed E-state index contributed by atoms with van der Waals surface area (Å²) in [5.74, 6) is 0.532. The van der Waals surface area contributed by atoms with Gasteiger partial charge in [-0.3, -0.25) is 9.89 Å². The average Bonchev–Trinajstić information content (AvgIpc) is 3.04. The molecule has 0 bridgehead atoms. The second-order valence-electron chi connectivity index (χ2n) is 6.50. The topological polar surface area (TPSA) is 61.0 Å². The minimum absolute atomic E-state index is 0.0611. The summed E-state index contributed by atoms with van der Waals surface area (Å²) in [6.07, 6.45) is 2.54. The molecule has 0 spiro atoms. The van der Waals surface area contributed by atoms with Gasteiger partial charge in [0.15, 0.2) is 5.82 Å². The lowest BCUT2D eigenvalue weighted by molar-refractivity contribution is -0.115. The van der Waals surface area contributed by atoms with Crippen LogP contribution < -0.4 is 10.2 Å². The molecule has 0 aliphatic carbocycles. The minimum atomic E-state index is -0.0611. The van der Waals surface area contributed by atoms with E-state index in [0.717, 1.165) is 42.4 Å².